The number of aliphatic hydroxyl groups excluding tert-OH is 1. The molecule has 0 saturated heterocycles. The van der Waals surface area contributed by atoms with Crippen molar-refractivity contribution in [3.8, 4) is 16.9 Å². The molecule has 2 N–H and O–H groups in total. The van der Waals surface area contributed by atoms with Gasteiger partial charge in [0.15, 0.2) is 0 Å². The second-order valence-electron chi connectivity index (χ2n) is 9.41. The lowest BCUT2D eigenvalue weighted by Crippen LogP contribution is -2.26. The zero-order chi connectivity index (χ0) is 27.6. The number of aliphatic hydroxyl groups is 1. The smallest absolute Gasteiger partial charge is 0.258 e. The summed E-state index contributed by atoms with van der Waals surface area (Å²) in [6.07, 6.45) is 2.46. The molecule has 0 saturated carbocycles. The average Bonchev–Trinajstić information content (AvgIpc) is 2.97. The molecule has 0 aliphatic rings. The van der Waals surface area contributed by atoms with Gasteiger partial charge < -0.3 is 20.1 Å². The summed E-state index contributed by atoms with van der Waals surface area (Å²) in [7, 11) is 1.72. The highest BCUT2D eigenvalue weighted by Crippen LogP contribution is 2.29. The van der Waals surface area contributed by atoms with Crippen molar-refractivity contribution < 1.29 is 19.4 Å². The molecule has 2 amide bonds. The number of amides is 2. The Kier molecular flexibility index (Phi) is 9.48. The van der Waals surface area contributed by atoms with Gasteiger partial charge in [0.1, 0.15) is 5.75 Å². The number of aryl methyl sites for hydroxylation is 1. The van der Waals surface area contributed by atoms with E-state index in [-0.39, 0.29) is 18.4 Å². The van der Waals surface area contributed by atoms with Crippen molar-refractivity contribution in [1.82, 2.24) is 0 Å². The van der Waals surface area contributed by atoms with Crippen molar-refractivity contribution in [3.63, 3.8) is 0 Å². The van der Waals surface area contributed by atoms with Crippen molar-refractivity contribution in [2.45, 2.75) is 26.2 Å². The second kappa shape index (κ2) is 13.4. The van der Waals surface area contributed by atoms with E-state index >= 15 is 0 Å². The molecule has 6 nitrogen and oxygen atoms in total. The van der Waals surface area contributed by atoms with Gasteiger partial charge >= 0.3 is 0 Å². The Morgan fingerprint density at radius 1 is 0.821 bits per heavy atom. The van der Waals surface area contributed by atoms with Crippen LogP contribution in [0.25, 0.3) is 11.1 Å². The quantitative estimate of drug-likeness (QED) is 0.214. The van der Waals surface area contributed by atoms with E-state index in [1.54, 1.807) is 36.2 Å². The van der Waals surface area contributed by atoms with Crippen molar-refractivity contribution in [2.75, 3.05) is 30.5 Å². The van der Waals surface area contributed by atoms with E-state index in [4.69, 9.17) is 9.84 Å². The number of ether oxygens (including phenoxy) is 1. The monoisotopic (exact) mass is 522 g/mol. The number of nitrogens with zero attached hydrogens (tertiary/aromatic N) is 1. The van der Waals surface area contributed by atoms with E-state index in [0.717, 1.165) is 36.0 Å². The molecule has 0 aliphatic carbocycles. The van der Waals surface area contributed by atoms with E-state index in [1.165, 1.54) is 0 Å². The van der Waals surface area contributed by atoms with E-state index in [0.29, 0.717) is 34.9 Å². The van der Waals surface area contributed by atoms with Gasteiger partial charge in [0.05, 0.1) is 12.3 Å². The normalized spacial score (nSPS) is 10.6. The van der Waals surface area contributed by atoms with Gasteiger partial charge in [0.2, 0.25) is 0 Å². The standard InChI is InChI=1S/C33H34N2O4/c1-24-14-16-25(17-15-24)28-10-4-5-11-29(28)32(37)34-27-20-18-26(19-21-27)33(38)35(2)30-12-6-7-13-31(30)39-23-9-3-8-22-36/h4-7,10-21,36H,3,8-9,22-23H2,1-2H3,(H,34,37). The van der Waals surface area contributed by atoms with Crippen LogP contribution in [0.3, 0.4) is 0 Å². The van der Waals surface area contributed by atoms with Gasteiger partial charge in [-0.2, -0.15) is 0 Å². The topological polar surface area (TPSA) is 78.9 Å². The molecule has 0 spiro atoms. The zero-order valence-corrected chi connectivity index (χ0v) is 22.4. The first-order valence-electron chi connectivity index (χ1n) is 13.2. The minimum atomic E-state index is -0.215. The third kappa shape index (κ3) is 7.12. The molecule has 0 bridgehead atoms. The summed E-state index contributed by atoms with van der Waals surface area (Å²) >= 11 is 0. The van der Waals surface area contributed by atoms with E-state index in [9.17, 15) is 9.59 Å². The van der Waals surface area contributed by atoms with Crippen LogP contribution >= 0.6 is 0 Å². The Balaban J connectivity index is 1.43. The minimum absolute atomic E-state index is 0.178. The molecule has 0 heterocycles. The Bertz CT molecular complexity index is 1400. The first kappa shape index (κ1) is 27.6. The molecule has 6 heteroatoms. The van der Waals surface area contributed by atoms with Crippen molar-refractivity contribution in [1.29, 1.82) is 0 Å². The Hall–Kier alpha value is -4.42. The average molecular weight is 523 g/mol. The summed E-state index contributed by atoms with van der Waals surface area (Å²) in [6.45, 7) is 2.72. The molecule has 4 rings (SSSR count). The highest BCUT2D eigenvalue weighted by molar-refractivity contribution is 6.09. The summed E-state index contributed by atoms with van der Waals surface area (Å²) in [5.41, 5.74) is 5.34. The van der Waals surface area contributed by atoms with E-state index in [1.807, 2.05) is 79.7 Å². The SMILES string of the molecule is Cc1ccc(-c2ccccc2C(=O)Nc2ccc(C(=O)N(C)c3ccccc3OCCCCCO)cc2)cc1. The fraction of sp³-hybridized carbons (Fsp3) is 0.212. The van der Waals surface area contributed by atoms with E-state index in [2.05, 4.69) is 5.32 Å². The van der Waals surface area contributed by atoms with Gasteiger partial charge in [0.25, 0.3) is 11.8 Å². The first-order valence-corrected chi connectivity index (χ1v) is 13.2. The van der Waals surface area contributed by atoms with Crippen LogP contribution in [0.2, 0.25) is 0 Å². The highest BCUT2D eigenvalue weighted by Gasteiger charge is 2.18. The number of hydrogen-bond donors (Lipinski definition) is 2. The number of benzene rings is 4. The van der Waals surface area contributed by atoms with Gasteiger partial charge in [-0.15, -0.1) is 0 Å². The lowest BCUT2D eigenvalue weighted by Gasteiger charge is -2.21. The van der Waals surface area contributed by atoms with Gasteiger partial charge in [-0.1, -0.05) is 60.2 Å². The van der Waals surface area contributed by atoms with Crippen LogP contribution in [0.15, 0.2) is 97.1 Å². The molecule has 0 fully saturated rings. The zero-order valence-electron chi connectivity index (χ0n) is 22.4. The largest absolute Gasteiger partial charge is 0.491 e. The van der Waals surface area contributed by atoms with Crippen LogP contribution in [0.5, 0.6) is 5.75 Å². The maximum atomic E-state index is 13.2. The van der Waals surface area contributed by atoms with Crippen molar-refractivity contribution in [3.05, 3.63) is 114 Å². The third-order valence-electron chi connectivity index (χ3n) is 6.52. The number of carbonyl (C=O) groups excluding carboxylic acids is 2. The molecule has 39 heavy (non-hydrogen) atoms. The van der Waals surface area contributed by atoms with E-state index < -0.39 is 0 Å². The first-order chi connectivity index (χ1) is 19.0. The molecule has 200 valence electrons. The fourth-order valence-electron chi connectivity index (χ4n) is 4.29. The Labute approximate surface area is 229 Å². The van der Waals surface area contributed by atoms with Crippen LogP contribution in [0.1, 0.15) is 45.5 Å². The molecular weight excluding hydrogens is 488 g/mol. The van der Waals surface area contributed by atoms with Crippen LogP contribution in [0, 0.1) is 6.92 Å². The predicted octanol–water partition coefficient (Wildman–Crippen LogP) is 6.73. The predicted molar refractivity (Wildman–Crippen MR) is 157 cm³/mol. The second-order valence-corrected chi connectivity index (χ2v) is 9.41. The summed E-state index contributed by atoms with van der Waals surface area (Å²) in [5, 5.41) is 11.9. The molecule has 0 aromatic heterocycles. The number of para-hydroxylation sites is 2. The number of rotatable bonds is 11. The Morgan fingerprint density at radius 2 is 1.51 bits per heavy atom. The van der Waals surface area contributed by atoms with Gasteiger partial charge in [-0.25, -0.2) is 0 Å². The number of unbranched alkanes of at least 4 members (excludes halogenated alkanes) is 2. The highest BCUT2D eigenvalue weighted by atomic mass is 16.5. The number of nitrogens with one attached hydrogen (secondary N) is 1. The molecule has 0 atom stereocenters. The maximum absolute atomic E-state index is 13.2. The third-order valence-corrected chi connectivity index (χ3v) is 6.52. The Morgan fingerprint density at radius 3 is 2.26 bits per heavy atom. The summed E-state index contributed by atoms with van der Waals surface area (Å²) in [6, 6.07) is 29.9. The van der Waals surface area contributed by atoms with Crippen LogP contribution < -0.4 is 15.0 Å². The molecule has 4 aromatic rings. The number of anilines is 2. The van der Waals surface area contributed by atoms with Crippen LogP contribution in [-0.4, -0.2) is 37.2 Å². The molecule has 0 aliphatic heterocycles. The lowest BCUT2D eigenvalue weighted by atomic mass is 9.98. The minimum Gasteiger partial charge on any atom is -0.491 e. The van der Waals surface area contributed by atoms with Crippen molar-refractivity contribution >= 4 is 23.2 Å². The summed E-state index contributed by atoms with van der Waals surface area (Å²) in [5.74, 6) is 0.231. The summed E-state index contributed by atoms with van der Waals surface area (Å²) in [4.78, 5) is 28.0. The maximum Gasteiger partial charge on any atom is 0.258 e. The van der Waals surface area contributed by atoms with Crippen LogP contribution in [-0.2, 0) is 0 Å². The summed E-state index contributed by atoms with van der Waals surface area (Å²) < 4.78 is 5.92. The number of hydrogen-bond acceptors (Lipinski definition) is 4. The molecule has 0 unspecified atom stereocenters. The molecule has 4 aromatic carbocycles. The molecular formula is C33H34N2O4. The molecule has 0 radical (unpaired) electrons. The number of carbonyl (C=O) groups is 2. The fourth-order valence-corrected chi connectivity index (χ4v) is 4.29. The van der Waals surface area contributed by atoms with Crippen molar-refractivity contribution in [2.24, 2.45) is 0 Å². The van der Waals surface area contributed by atoms with Gasteiger partial charge in [-0.3, -0.25) is 9.59 Å². The van der Waals surface area contributed by atoms with Gasteiger partial charge in [0, 0.05) is 30.5 Å². The van der Waals surface area contributed by atoms with Crippen LogP contribution in [0.4, 0.5) is 11.4 Å². The van der Waals surface area contributed by atoms with Gasteiger partial charge in [-0.05, 0) is 79.8 Å². The lowest BCUT2D eigenvalue weighted by molar-refractivity contribution is 0.0990.